The minimum absolute atomic E-state index is 0.134. The van der Waals surface area contributed by atoms with Crippen LogP contribution >= 0.6 is 0 Å². The molecule has 1 aromatic carbocycles. The number of amides is 1. The highest BCUT2D eigenvalue weighted by Crippen LogP contribution is 2.22. The van der Waals surface area contributed by atoms with Gasteiger partial charge in [0.05, 0.1) is 6.04 Å². The molecule has 0 atom stereocenters. The number of aryl methyl sites for hydroxylation is 1. The van der Waals surface area contributed by atoms with E-state index in [-0.39, 0.29) is 17.5 Å². The number of H-pyrrole nitrogens is 1. The van der Waals surface area contributed by atoms with Gasteiger partial charge < -0.3 is 15.0 Å². The first-order valence-corrected chi connectivity index (χ1v) is 8.68. The molecule has 3 heterocycles. The monoisotopic (exact) mass is 352 g/mol. The molecule has 2 N–H and O–H groups in total. The molecule has 7 nitrogen and oxygen atoms in total. The van der Waals surface area contributed by atoms with Crippen molar-refractivity contribution in [1.82, 2.24) is 14.8 Å². The summed E-state index contributed by atoms with van der Waals surface area (Å²) in [5.41, 5.74) is 2.53. The van der Waals surface area contributed by atoms with E-state index >= 15 is 0 Å². The first-order valence-electron chi connectivity index (χ1n) is 8.68. The van der Waals surface area contributed by atoms with Crippen molar-refractivity contribution in [3.05, 3.63) is 58.1 Å². The molecule has 7 heteroatoms. The van der Waals surface area contributed by atoms with Crippen LogP contribution in [-0.4, -0.2) is 33.9 Å². The van der Waals surface area contributed by atoms with Gasteiger partial charge in [-0.05, 0) is 49.6 Å². The van der Waals surface area contributed by atoms with Gasteiger partial charge >= 0.3 is 0 Å². The average Bonchev–Trinajstić information content (AvgIpc) is 3.13. The van der Waals surface area contributed by atoms with Crippen LogP contribution < -0.4 is 10.9 Å². The highest BCUT2D eigenvalue weighted by Gasteiger charge is 2.18. The molecule has 4 rings (SSSR count). The van der Waals surface area contributed by atoms with Crippen molar-refractivity contribution in [3.63, 3.8) is 0 Å². The zero-order valence-corrected chi connectivity index (χ0v) is 14.5. The third-order valence-electron chi connectivity index (χ3n) is 4.71. The maximum absolute atomic E-state index is 12.5. The number of hydrogen-bond donors (Lipinski definition) is 2. The van der Waals surface area contributed by atoms with E-state index in [4.69, 9.17) is 4.74 Å². The third-order valence-corrected chi connectivity index (χ3v) is 4.71. The molecule has 0 saturated carbocycles. The number of ether oxygens (including phenoxy) is 1. The summed E-state index contributed by atoms with van der Waals surface area (Å²) in [6.45, 7) is 3.33. The fourth-order valence-electron chi connectivity index (χ4n) is 3.31. The summed E-state index contributed by atoms with van der Waals surface area (Å²) >= 11 is 0. The standard InChI is InChI=1S/C19H20N4O3/c1-12-10-18(24)21-16-3-2-13(11-15(12)16)20-19(25)17-4-7-23(22-17)14-5-8-26-9-6-14/h2-4,7,10-11,14H,5-6,8-9H2,1H3,(H,20,25)(H,21,24). The van der Waals surface area contributed by atoms with Gasteiger partial charge in [-0.2, -0.15) is 5.10 Å². The van der Waals surface area contributed by atoms with Gasteiger partial charge in [0.15, 0.2) is 5.69 Å². The van der Waals surface area contributed by atoms with Crippen LogP contribution in [0.1, 0.15) is 34.9 Å². The van der Waals surface area contributed by atoms with Gasteiger partial charge in [-0.15, -0.1) is 0 Å². The van der Waals surface area contributed by atoms with Crippen LogP contribution in [0.2, 0.25) is 0 Å². The van der Waals surface area contributed by atoms with E-state index in [0.717, 1.165) is 42.5 Å². The zero-order chi connectivity index (χ0) is 18.1. The summed E-state index contributed by atoms with van der Waals surface area (Å²) in [5, 5.41) is 8.20. The molecule has 0 aliphatic carbocycles. The van der Waals surface area contributed by atoms with Crippen LogP contribution in [0.25, 0.3) is 10.9 Å². The number of rotatable bonds is 3. The Morgan fingerprint density at radius 3 is 2.88 bits per heavy atom. The molecule has 26 heavy (non-hydrogen) atoms. The molecule has 0 spiro atoms. The van der Waals surface area contributed by atoms with E-state index in [1.807, 2.05) is 23.9 Å². The maximum Gasteiger partial charge on any atom is 0.276 e. The lowest BCUT2D eigenvalue weighted by molar-refractivity contribution is 0.0661. The van der Waals surface area contributed by atoms with Gasteiger partial charge in [0.1, 0.15) is 0 Å². The lowest BCUT2D eigenvalue weighted by atomic mass is 10.1. The lowest BCUT2D eigenvalue weighted by Gasteiger charge is -2.22. The predicted molar refractivity (Wildman–Crippen MR) is 98.6 cm³/mol. The highest BCUT2D eigenvalue weighted by atomic mass is 16.5. The summed E-state index contributed by atoms with van der Waals surface area (Å²) < 4.78 is 7.22. The average molecular weight is 352 g/mol. The minimum atomic E-state index is -0.253. The normalized spacial score (nSPS) is 15.3. The summed E-state index contributed by atoms with van der Waals surface area (Å²) in [4.78, 5) is 26.8. The van der Waals surface area contributed by atoms with Crippen LogP contribution in [0, 0.1) is 6.92 Å². The molecular weight excluding hydrogens is 332 g/mol. The van der Waals surface area contributed by atoms with E-state index in [2.05, 4.69) is 15.4 Å². The van der Waals surface area contributed by atoms with Crippen molar-refractivity contribution >= 4 is 22.5 Å². The molecule has 0 bridgehead atoms. The third kappa shape index (κ3) is 3.25. The van der Waals surface area contributed by atoms with E-state index in [1.165, 1.54) is 0 Å². The molecule has 3 aromatic rings. The summed E-state index contributed by atoms with van der Waals surface area (Å²) in [7, 11) is 0. The number of carbonyl (C=O) groups excluding carboxylic acids is 1. The Balaban J connectivity index is 1.53. The molecular formula is C19H20N4O3. The highest BCUT2D eigenvalue weighted by molar-refractivity contribution is 6.03. The van der Waals surface area contributed by atoms with Crippen molar-refractivity contribution in [3.8, 4) is 0 Å². The number of aromatic amines is 1. The Bertz CT molecular complexity index is 1020. The molecule has 2 aromatic heterocycles. The zero-order valence-electron chi connectivity index (χ0n) is 14.5. The largest absolute Gasteiger partial charge is 0.381 e. The van der Waals surface area contributed by atoms with E-state index in [9.17, 15) is 9.59 Å². The second kappa shape index (κ2) is 6.76. The SMILES string of the molecule is Cc1cc(=O)[nH]c2ccc(NC(=O)c3ccn(C4CCOCC4)n3)cc12. The van der Waals surface area contributed by atoms with Crippen molar-refractivity contribution in [2.45, 2.75) is 25.8 Å². The van der Waals surface area contributed by atoms with Gasteiger partial charge in [-0.3, -0.25) is 14.3 Å². The predicted octanol–water partition coefficient (Wildman–Crippen LogP) is 2.64. The minimum Gasteiger partial charge on any atom is -0.381 e. The number of hydrogen-bond acceptors (Lipinski definition) is 4. The van der Waals surface area contributed by atoms with Crippen LogP contribution in [0.15, 0.2) is 41.3 Å². The van der Waals surface area contributed by atoms with Crippen molar-refractivity contribution < 1.29 is 9.53 Å². The second-order valence-electron chi connectivity index (χ2n) is 6.56. The molecule has 0 unspecified atom stereocenters. The summed E-state index contributed by atoms with van der Waals surface area (Å²) in [6, 6.07) is 8.97. The van der Waals surface area contributed by atoms with Crippen LogP contribution in [0.5, 0.6) is 0 Å². The Labute approximate surface area is 150 Å². The molecule has 1 fully saturated rings. The van der Waals surface area contributed by atoms with Crippen molar-refractivity contribution in [2.75, 3.05) is 18.5 Å². The quantitative estimate of drug-likeness (QED) is 0.758. The lowest BCUT2D eigenvalue weighted by Crippen LogP contribution is -2.21. The molecule has 1 amide bonds. The Morgan fingerprint density at radius 1 is 1.27 bits per heavy atom. The topological polar surface area (TPSA) is 89.0 Å². The number of nitrogens with one attached hydrogen (secondary N) is 2. The Morgan fingerprint density at radius 2 is 2.08 bits per heavy atom. The van der Waals surface area contributed by atoms with Crippen LogP contribution in [0.4, 0.5) is 5.69 Å². The van der Waals surface area contributed by atoms with E-state index < -0.39 is 0 Å². The first-order chi connectivity index (χ1) is 12.6. The molecule has 1 aliphatic heterocycles. The van der Waals surface area contributed by atoms with Gasteiger partial charge in [-0.25, -0.2) is 0 Å². The number of carbonyl (C=O) groups is 1. The fraction of sp³-hybridized carbons (Fsp3) is 0.316. The number of pyridine rings is 1. The van der Waals surface area contributed by atoms with E-state index in [0.29, 0.717) is 11.4 Å². The van der Waals surface area contributed by atoms with Gasteiger partial charge in [0.25, 0.3) is 5.91 Å². The first kappa shape index (κ1) is 16.5. The number of fused-ring (bicyclic) bond motifs is 1. The second-order valence-corrected chi connectivity index (χ2v) is 6.56. The van der Waals surface area contributed by atoms with Crippen LogP contribution in [0.3, 0.4) is 0 Å². The summed E-state index contributed by atoms with van der Waals surface area (Å²) in [5.74, 6) is -0.253. The van der Waals surface area contributed by atoms with E-state index in [1.54, 1.807) is 24.3 Å². The fourth-order valence-corrected chi connectivity index (χ4v) is 3.31. The van der Waals surface area contributed by atoms with Crippen molar-refractivity contribution in [2.24, 2.45) is 0 Å². The molecule has 1 saturated heterocycles. The number of aromatic nitrogens is 3. The number of benzene rings is 1. The molecule has 0 radical (unpaired) electrons. The van der Waals surface area contributed by atoms with Gasteiger partial charge in [-0.1, -0.05) is 0 Å². The molecule has 1 aliphatic rings. The Kier molecular flexibility index (Phi) is 4.30. The van der Waals surface area contributed by atoms with Gasteiger partial charge in [0.2, 0.25) is 5.56 Å². The number of anilines is 1. The maximum atomic E-state index is 12.5. The summed E-state index contributed by atoms with van der Waals surface area (Å²) in [6.07, 6.45) is 3.66. The molecule has 134 valence electrons. The van der Waals surface area contributed by atoms with Gasteiger partial charge in [0, 0.05) is 42.1 Å². The van der Waals surface area contributed by atoms with Crippen LogP contribution in [-0.2, 0) is 4.74 Å². The van der Waals surface area contributed by atoms with Crippen molar-refractivity contribution in [1.29, 1.82) is 0 Å². The number of nitrogens with zero attached hydrogens (tertiary/aromatic N) is 2. The smallest absolute Gasteiger partial charge is 0.276 e. The Hall–Kier alpha value is -2.93.